The molecule has 0 saturated carbocycles. The third kappa shape index (κ3) is 6.41. The number of hydrogen-bond donors (Lipinski definition) is 2. The number of ether oxygens (including phenoxy) is 1. The molecule has 168 valence electrons. The molecule has 0 bridgehead atoms. The standard InChI is InChI=1S/C21H15Cl2F3N2O4/c22-13-4-6-17(16(23)9-13)31-11-15-5-7-18(32-15)20(30)27-10-19(29)28-14-3-1-2-12(8-14)21(24,25)26/h1-9H,10-11H2,(H,27,30)(H,28,29). The van der Waals surface area contributed by atoms with Crippen LogP contribution in [-0.4, -0.2) is 18.4 Å². The van der Waals surface area contributed by atoms with Gasteiger partial charge < -0.3 is 19.8 Å². The van der Waals surface area contributed by atoms with Gasteiger partial charge in [-0.05, 0) is 48.5 Å². The fourth-order valence-electron chi connectivity index (χ4n) is 2.54. The van der Waals surface area contributed by atoms with Gasteiger partial charge in [0.15, 0.2) is 5.76 Å². The Morgan fingerprint density at radius 2 is 1.81 bits per heavy atom. The van der Waals surface area contributed by atoms with E-state index in [1.165, 1.54) is 30.3 Å². The lowest BCUT2D eigenvalue weighted by Gasteiger charge is -2.10. The Hall–Kier alpha value is -3.17. The Bertz CT molecular complexity index is 1130. The first-order valence-corrected chi connectivity index (χ1v) is 9.79. The number of furan rings is 1. The van der Waals surface area contributed by atoms with E-state index >= 15 is 0 Å². The number of hydrogen-bond acceptors (Lipinski definition) is 4. The summed E-state index contributed by atoms with van der Waals surface area (Å²) in [6.07, 6.45) is -4.53. The van der Waals surface area contributed by atoms with Crippen molar-refractivity contribution in [3.05, 3.63) is 81.7 Å². The highest BCUT2D eigenvalue weighted by Crippen LogP contribution is 2.31. The van der Waals surface area contributed by atoms with E-state index in [1.54, 1.807) is 12.1 Å². The first kappa shape index (κ1) is 23.5. The van der Waals surface area contributed by atoms with Crippen LogP contribution in [0.2, 0.25) is 10.0 Å². The van der Waals surface area contributed by atoms with E-state index in [0.717, 1.165) is 12.1 Å². The second kappa shape index (κ2) is 9.97. The van der Waals surface area contributed by atoms with Crippen LogP contribution in [0.3, 0.4) is 0 Å². The summed E-state index contributed by atoms with van der Waals surface area (Å²) in [5.74, 6) is -0.748. The molecule has 0 aliphatic heterocycles. The van der Waals surface area contributed by atoms with E-state index in [2.05, 4.69) is 10.6 Å². The molecule has 0 unspecified atom stereocenters. The number of benzene rings is 2. The van der Waals surface area contributed by atoms with Crippen molar-refractivity contribution in [3.63, 3.8) is 0 Å². The molecular weight excluding hydrogens is 472 g/mol. The number of rotatable bonds is 7. The van der Waals surface area contributed by atoms with Crippen LogP contribution in [-0.2, 0) is 17.6 Å². The van der Waals surface area contributed by atoms with Gasteiger partial charge >= 0.3 is 6.18 Å². The van der Waals surface area contributed by atoms with Crippen LogP contribution in [0.25, 0.3) is 0 Å². The summed E-state index contributed by atoms with van der Waals surface area (Å²) < 4.78 is 49.1. The quantitative estimate of drug-likeness (QED) is 0.458. The Kier molecular flexibility index (Phi) is 7.32. The van der Waals surface area contributed by atoms with E-state index in [9.17, 15) is 22.8 Å². The SMILES string of the molecule is O=C(CNC(=O)c1ccc(COc2ccc(Cl)cc2Cl)o1)Nc1cccc(C(F)(F)F)c1. The molecule has 0 spiro atoms. The molecule has 32 heavy (non-hydrogen) atoms. The van der Waals surface area contributed by atoms with Crippen LogP contribution < -0.4 is 15.4 Å². The Morgan fingerprint density at radius 1 is 1.03 bits per heavy atom. The van der Waals surface area contributed by atoms with Crippen molar-refractivity contribution in [2.45, 2.75) is 12.8 Å². The fourth-order valence-corrected chi connectivity index (χ4v) is 3.01. The largest absolute Gasteiger partial charge is 0.484 e. The Balaban J connectivity index is 1.50. The van der Waals surface area contributed by atoms with E-state index < -0.39 is 30.1 Å². The van der Waals surface area contributed by atoms with Crippen LogP contribution in [0.15, 0.2) is 59.0 Å². The number of anilines is 1. The minimum absolute atomic E-state index is 0.00926. The molecule has 0 aliphatic rings. The lowest BCUT2D eigenvalue weighted by Crippen LogP contribution is -2.32. The molecule has 2 aromatic carbocycles. The van der Waals surface area contributed by atoms with Crippen molar-refractivity contribution < 1.29 is 31.9 Å². The van der Waals surface area contributed by atoms with Gasteiger partial charge in [-0.15, -0.1) is 0 Å². The number of nitrogens with one attached hydrogen (secondary N) is 2. The van der Waals surface area contributed by atoms with E-state index in [0.29, 0.717) is 21.6 Å². The summed E-state index contributed by atoms with van der Waals surface area (Å²) in [4.78, 5) is 24.1. The molecule has 2 amide bonds. The summed E-state index contributed by atoms with van der Waals surface area (Å²) in [6.45, 7) is -0.480. The topological polar surface area (TPSA) is 80.6 Å². The van der Waals surface area contributed by atoms with Gasteiger partial charge in [0, 0.05) is 10.7 Å². The summed E-state index contributed by atoms with van der Waals surface area (Å²) in [6, 6.07) is 11.8. The highest BCUT2D eigenvalue weighted by atomic mass is 35.5. The van der Waals surface area contributed by atoms with E-state index in [-0.39, 0.29) is 18.1 Å². The van der Waals surface area contributed by atoms with Gasteiger partial charge in [-0.25, -0.2) is 0 Å². The third-order valence-electron chi connectivity index (χ3n) is 4.03. The average molecular weight is 487 g/mol. The maximum atomic E-state index is 12.7. The van der Waals surface area contributed by atoms with Crippen molar-refractivity contribution >= 4 is 40.7 Å². The molecule has 6 nitrogen and oxygen atoms in total. The van der Waals surface area contributed by atoms with Crippen molar-refractivity contribution in [2.24, 2.45) is 0 Å². The predicted octanol–water partition coefficient (Wildman–Crippen LogP) is 5.55. The van der Waals surface area contributed by atoms with E-state index in [4.69, 9.17) is 32.4 Å². The zero-order chi connectivity index (χ0) is 23.3. The first-order valence-electron chi connectivity index (χ1n) is 9.03. The molecule has 3 rings (SSSR count). The number of carbonyl (C=O) groups excluding carboxylic acids is 2. The van der Waals surface area contributed by atoms with Gasteiger partial charge in [0.25, 0.3) is 5.91 Å². The zero-order valence-corrected chi connectivity index (χ0v) is 17.6. The van der Waals surface area contributed by atoms with Crippen LogP contribution in [0.5, 0.6) is 5.75 Å². The molecule has 3 aromatic rings. The fraction of sp³-hybridized carbons (Fsp3) is 0.143. The summed E-state index contributed by atoms with van der Waals surface area (Å²) in [7, 11) is 0. The molecule has 1 aromatic heterocycles. The van der Waals surface area contributed by atoms with Gasteiger partial charge in [0.2, 0.25) is 5.91 Å². The zero-order valence-electron chi connectivity index (χ0n) is 16.1. The highest BCUT2D eigenvalue weighted by Gasteiger charge is 2.30. The van der Waals surface area contributed by atoms with Gasteiger partial charge in [0.1, 0.15) is 18.1 Å². The van der Waals surface area contributed by atoms with Gasteiger partial charge in [0.05, 0.1) is 17.1 Å². The van der Waals surface area contributed by atoms with Gasteiger partial charge in [-0.2, -0.15) is 13.2 Å². The molecule has 0 radical (unpaired) electrons. The lowest BCUT2D eigenvalue weighted by molar-refractivity contribution is -0.137. The minimum atomic E-state index is -4.53. The number of amides is 2. The number of halogens is 5. The smallest absolute Gasteiger partial charge is 0.416 e. The lowest BCUT2D eigenvalue weighted by atomic mass is 10.2. The summed E-state index contributed by atoms with van der Waals surface area (Å²) >= 11 is 11.8. The van der Waals surface area contributed by atoms with Crippen LogP contribution in [0, 0.1) is 0 Å². The average Bonchev–Trinajstić information content (AvgIpc) is 3.20. The van der Waals surface area contributed by atoms with Crippen molar-refractivity contribution in [2.75, 3.05) is 11.9 Å². The summed E-state index contributed by atoms with van der Waals surface area (Å²) in [5.41, 5.74) is -0.943. The summed E-state index contributed by atoms with van der Waals surface area (Å²) in [5, 5.41) is 5.38. The van der Waals surface area contributed by atoms with Crippen molar-refractivity contribution in [1.29, 1.82) is 0 Å². The highest BCUT2D eigenvalue weighted by molar-refractivity contribution is 6.35. The molecule has 0 atom stereocenters. The minimum Gasteiger partial charge on any atom is -0.484 e. The molecule has 11 heteroatoms. The maximum Gasteiger partial charge on any atom is 0.416 e. The predicted molar refractivity (Wildman–Crippen MR) is 112 cm³/mol. The molecule has 0 aliphatic carbocycles. The first-order chi connectivity index (χ1) is 15.1. The molecular formula is C21H15Cl2F3N2O4. The molecule has 2 N–H and O–H groups in total. The Morgan fingerprint density at radius 3 is 2.53 bits per heavy atom. The number of carbonyl (C=O) groups is 2. The van der Waals surface area contributed by atoms with Crippen LogP contribution >= 0.6 is 23.2 Å². The van der Waals surface area contributed by atoms with E-state index in [1.807, 2.05) is 0 Å². The van der Waals surface area contributed by atoms with Crippen LogP contribution in [0.1, 0.15) is 21.9 Å². The maximum absolute atomic E-state index is 12.7. The second-order valence-corrected chi connectivity index (χ2v) is 7.28. The third-order valence-corrected chi connectivity index (χ3v) is 4.56. The molecule has 0 saturated heterocycles. The van der Waals surface area contributed by atoms with Crippen molar-refractivity contribution in [3.8, 4) is 5.75 Å². The normalized spacial score (nSPS) is 11.2. The van der Waals surface area contributed by atoms with Gasteiger partial charge in [-0.3, -0.25) is 9.59 Å². The van der Waals surface area contributed by atoms with Gasteiger partial charge in [-0.1, -0.05) is 29.3 Å². The molecule has 1 heterocycles. The van der Waals surface area contributed by atoms with Crippen LogP contribution in [0.4, 0.5) is 18.9 Å². The second-order valence-electron chi connectivity index (χ2n) is 6.44. The molecule has 0 fully saturated rings. The Labute approximate surface area is 190 Å². The monoisotopic (exact) mass is 486 g/mol. The van der Waals surface area contributed by atoms with Crippen molar-refractivity contribution in [1.82, 2.24) is 5.32 Å². The number of alkyl halides is 3.